The van der Waals surface area contributed by atoms with Crippen molar-refractivity contribution in [3.05, 3.63) is 30.3 Å². The third-order valence-electron chi connectivity index (χ3n) is 3.84. The minimum atomic E-state index is 0. The van der Waals surface area contributed by atoms with Crippen molar-refractivity contribution in [3.63, 3.8) is 0 Å². The first-order chi connectivity index (χ1) is 8.38. The summed E-state index contributed by atoms with van der Waals surface area (Å²) in [7, 11) is 0. The average Bonchev–Trinajstić information content (AvgIpc) is 2.41. The van der Waals surface area contributed by atoms with Crippen LogP contribution in [0, 0.1) is 11.8 Å². The molecule has 2 N–H and O–H groups in total. The van der Waals surface area contributed by atoms with Crippen LogP contribution in [0.25, 0.3) is 0 Å². The van der Waals surface area contributed by atoms with Crippen molar-refractivity contribution >= 4 is 12.4 Å². The molecule has 0 aromatic heterocycles. The Labute approximate surface area is 116 Å². The summed E-state index contributed by atoms with van der Waals surface area (Å²) in [6.07, 6.45) is 6.48. The van der Waals surface area contributed by atoms with Crippen LogP contribution >= 0.6 is 12.4 Å². The molecule has 2 nitrogen and oxygen atoms in total. The zero-order valence-electron chi connectivity index (χ0n) is 10.9. The molecule has 1 fully saturated rings. The molecule has 0 heterocycles. The van der Waals surface area contributed by atoms with Gasteiger partial charge in [-0.2, -0.15) is 0 Å². The van der Waals surface area contributed by atoms with Crippen LogP contribution in [0.5, 0.6) is 5.75 Å². The molecule has 0 amide bonds. The molecule has 1 aromatic rings. The number of rotatable bonds is 5. The predicted octanol–water partition coefficient (Wildman–Crippen LogP) is 3.64. The summed E-state index contributed by atoms with van der Waals surface area (Å²) >= 11 is 0. The Morgan fingerprint density at radius 2 is 1.61 bits per heavy atom. The first-order valence-electron chi connectivity index (χ1n) is 6.76. The number of para-hydroxylation sites is 1. The van der Waals surface area contributed by atoms with E-state index in [0.717, 1.165) is 30.7 Å². The van der Waals surface area contributed by atoms with Crippen LogP contribution in [0.2, 0.25) is 0 Å². The van der Waals surface area contributed by atoms with Gasteiger partial charge in [0.2, 0.25) is 0 Å². The second kappa shape index (κ2) is 8.39. The Balaban J connectivity index is 0.00000162. The predicted molar refractivity (Wildman–Crippen MR) is 78.3 cm³/mol. The van der Waals surface area contributed by atoms with E-state index in [-0.39, 0.29) is 12.4 Å². The van der Waals surface area contributed by atoms with E-state index in [4.69, 9.17) is 10.5 Å². The highest BCUT2D eigenvalue weighted by molar-refractivity contribution is 5.85. The van der Waals surface area contributed by atoms with E-state index in [2.05, 4.69) is 0 Å². The standard InChI is InChI=1S/C15H23NO.ClH/c16-12-14-8-6-13(7-9-14)10-11-17-15-4-2-1-3-5-15;/h1-5,13-14H,6-12,16H2;1H/t13-,14+;. The number of benzene rings is 1. The lowest BCUT2D eigenvalue weighted by Crippen LogP contribution is -2.22. The topological polar surface area (TPSA) is 35.2 Å². The highest BCUT2D eigenvalue weighted by Crippen LogP contribution is 2.30. The maximum Gasteiger partial charge on any atom is 0.119 e. The molecular weight excluding hydrogens is 246 g/mol. The van der Waals surface area contributed by atoms with Gasteiger partial charge in [0.05, 0.1) is 6.61 Å². The van der Waals surface area contributed by atoms with E-state index in [9.17, 15) is 0 Å². The molecule has 0 unspecified atom stereocenters. The zero-order chi connectivity index (χ0) is 11.9. The first-order valence-corrected chi connectivity index (χ1v) is 6.76. The maximum absolute atomic E-state index is 5.74. The van der Waals surface area contributed by atoms with E-state index < -0.39 is 0 Å². The first kappa shape index (κ1) is 15.3. The van der Waals surface area contributed by atoms with Crippen LogP contribution in [0.15, 0.2) is 30.3 Å². The zero-order valence-corrected chi connectivity index (χ0v) is 11.7. The molecule has 0 saturated heterocycles. The smallest absolute Gasteiger partial charge is 0.119 e. The molecule has 2 rings (SSSR count). The number of halogens is 1. The Kier molecular flexibility index (Phi) is 7.14. The average molecular weight is 270 g/mol. The summed E-state index contributed by atoms with van der Waals surface area (Å²) < 4.78 is 5.74. The fourth-order valence-corrected chi connectivity index (χ4v) is 2.62. The molecule has 3 heteroatoms. The number of hydrogen-bond acceptors (Lipinski definition) is 2. The summed E-state index contributed by atoms with van der Waals surface area (Å²) in [6, 6.07) is 10.1. The molecule has 1 aliphatic carbocycles. The Bertz CT molecular complexity index is 310. The van der Waals surface area contributed by atoms with Crippen molar-refractivity contribution in [1.29, 1.82) is 0 Å². The lowest BCUT2D eigenvalue weighted by molar-refractivity contribution is 0.219. The summed E-state index contributed by atoms with van der Waals surface area (Å²) in [5.74, 6) is 2.62. The minimum absolute atomic E-state index is 0. The fourth-order valence-electron chi connectivity index (χ4n) is 2.62. The van der Waals surface area contributed by atoms with Gasteiger partial charge < -0.3 is 10.5 Å². The van der Waals surface area contributed by atoms with Crippen molar-refractivity contribution in [2.24, 2.45) is 17.6 Å². The fraction of sp³-hybridized carbons (Fsp3) is 0.600. The van der Waals surface area contributed by atoms with Gasteiger partial charge in [0.1, 0.15) is 5.75 Å². The molecule has 1 aromatic carbocycles. The van der Waals surface area contributed by atoms with Crippen LogP contribution in [0.3, 0.4) is 0 Å². The number of nitrogens with two attached hydrogens (primary N) is 1. The molecule has 0 radical (unpaired) electrons. The molecule has 102 valence electrons. The van der Waals surface area contributed by atoms with Gasteiger partial charge in [-0.3, -0.25) is 0 Å². The summed E-state index contributed by atoms with van der Waals surface area (Å²) in [4.78, 5) is 0. The van der Waals surface area contributed by atoms with Crippen LogP contribution in [-0.2, 0) is 0 Å². The van der Waals surface area contributed by atoms with Crippen LogP contribution in [0.1, 0.15) is 32.1 Å². The maximum atomic E-state index is 5.74. The normalized spacial score (nSPS) is 23.2. The molecule has 0 atom stereocenters. The lowest BCUT2D eigenvalue weighted by Gasteiger charge is -2.27. The lowest BCUT2D eigenvalue weighted by atomic mass is 9.81. The second-order valence-corrected chi connectivity index (χ2v) is 5.07. The van der Waals surface area contributed by atoms with Crippen molar-refractivity contribution in [2.75, 3.05) is 13.2 Å². The van der Waals surface area contributed by atoms with Crippen LogP contribution < -0.4 is 10.5 Å². The van der Waals surface area contributed by atoms with Gasteiger partial charge in [0, 0.05) is 0 Å². The van der Waals surface area contributed by atoms with Crippen molar-refractivity contribution < 1.29 is 4.74 Å². The van der Waals surface area contributed by atoms with E-state index in [1.54, 1.807) is 0 Å². The molecule has 0 aliphatic heterocycles. The summed E-state index contributed by atoms with van der Waals surface area (Å²) in [6.45, 7) is 1.72. The Hall–Kier alpha value is -0.730. The third kappa shape index (κ3) is 4.87. The molecular formula is C15H24ClNO. The summed E-state index contributed by atoms with van der Waals surface area (Å²) in [5.41, 5.74) is 5.70. The van der Waals surface area contributed by atoms with Crippen LogP contribution in [-0.4, -0.2) is 13.2 Å². The molecule has 0 bridgehead atoms. The van der Waals surface area contributed by atoms with Crippen LogP contribution in [0.4, 0.5) is 0 Å². The van der Waals surface area contributed by atoms with Gasteiger partial charge in [-0.05, 0) is 49.8 Å². The van der Waals surface area contributed by atoms with Gasteiger partial charge in [-0.1, -0.05) is 31.0 Å². The van der Waals surface area contributed by atoms with Crippen molar-refractivity contribution in [2.45, 2.75) is 32.1 Å². The number of hydrogen-bond donors (Lipinski definition) is 1. The highest BCUT2D eigenvalue weighted by Gasteiger charge is 2.19. The second-order valence-electron chi connectivity index (χ2n) is 5.07. The van der Waals surface area contributed by atoms with Gasteiger partial charge in [-0.15, -0.1) is 12.4 Å². The highest BCUT2D eigenvalue weighted by atomic mass is 35.5. The van der Waals surface area contributed by atoms with E-state index >= 15 is 0 Å². The van der Waals surface area contributed by atoms with Gasteiger partial charge in [-0.25, -0.2) is 0 Å². The monoisotopic (exact) mass is 269 g/mol. The largest absolute Gasteiger partial charge is 0.494 e. The summed E-state index contributed by atoms with van der Waals surface area (Å²) in [5, 5.41) is 0. The molecule has 18 heavy (non-hydrogen) atoms. The van der Waals surface area contributed by atoms with Crippen molar-refractivity contribution in [1.82, 2.24) is 0 Å². The Morgan fingerprint density at radius 3 is 2.22 bits per heavy atom. The van der Waals surface area contributed by atoms with Crippen molar-refractivity contribution in [3.8, 4) is 5.75 Å². The van der Waals surface area contributed by atoms with E-state index in [0.29, 0.717) is 0 Å². The number of ether oxygens (including phenoxy) is 1. The molecule has 1 saturated carbocycles. The van der Waals surface area contributed by atoms with E-state index in [1.165, 1.54) is 32.1 Å². The van der Waals surface area contributed by atoms with Gasteiger partial charge in [0.15, 0.2) is 0 Å². The molecule has 0 spiro atoms. The third-order valence-corrected chi connectivity index (χ3v) is 3.84. The van der Waals surface area contributed by atoms with Gasteiger partial charge in [0.25, 0.3) is 0 Å². The van der Waals surface area contributed by atoms with E-state index in [1.807, 2.05) is 30.3 Å². The SMILES string of the molecule is Cl.NC[C@H]1CC[C@@H](CCOc2ccccc2)CC1. The molecule has 1 aliphatic rings. The van der Waals surface area contributed by atoms with Gasteiger partial charge >= 0.3 is 0 Å². The Morgan fingerprint density at radius 1 is 1.00 bits per heavy atom. The minimum Gasteiger partial charge on any atom is -0.494 e. The quantitative estimate of drug-likeness (QED) is 0.886.